The fourth-order valence-corrected chi connectivity index (χ4v) is 4.78. The van der Waals surface area contributed by atoms with Gasteiger partial charge in [-0.1, -0.05) is 17.8 Å². The van der Waals surface area contributed by atoms with Gasteiger partial charge in [-0.3, -0.25) is 4.99 Å². The highest BCUT2D eigenvalue weighted by molar-refractivity contribution is 8.04. The Morgan fingerprint density at radius 2 is 1.53 bits per heavy atom. The van der Waals surface area contributed by atoms with Crippen molar-refractivity contribution in [1.29, 1.82) is 0 Å². The molecule has 30 heavy (non-hydrogen) atoms. The minimum atomic E-state index is 0.915. The summed E-state index contributed by atoms with van der Waals surface area (Å²) < 4.78 is 0. The number of anilines is 1. The fourth-order valence-electron chi connectivity index (χ4n) is 3.72. The Morgan fingerprint density at radius 1 is 0.867 bits per heavy atom. The van der Waals surface area contributed by atoms with Crippen LogP contribution in [0.1, 0.15) is 19.3 Å². The molecule has 0 unspecified atom stereocenters. The van der Waals surface area contributed by atoms with Crippen LogP contribution >= 0.6 is 11.8 Å². The highest BCUT2D eigenvalue weighted by Gasteiger charge is 2.22. The highest BCUT2D eigenvalue weighted by atomic mass is 32.2. The number of aliphatic imine (C=N–C) groups is 1. The first-order chi connectivity index (χ1) is 14.3. The summed E-state index contributed by atoms with van der Waals surface area (Å²) in [4.78, 5) is 16.7. The van der Waals surface area contributed by atoms with E-state index in [0.29, 0.717) is 0 Å². The Morgan fingerprint density at radius 3 is 2.20 bits per heavy atom. The number of likely N-dealkylation sites (N-methyl/N-ethyl adjacent to an activating group) is 1. The minimum absolute atomic E-state index is 0.915. The Kier molecular flexibility index (Phi) is 8.03. The number of rotatable bonds is 10. The van der Waals surface area contributed by atoms with Crippen molar-refractivity contribution in [3.05, 3.63) is 41.0 Å². The van der Waals surface area contributed by atoms with Gasteiger partial charge in [0.2, 0.25) is 0 Å². The Hall–Kier alpha value is -1.76. The smallest absolute Gasteiger partial charge is 0.0774 e. The molecule has 0 saturated heterocycles. The van der Waals surface area contributed by atoms with E-state index in [-0.39, 0.29) is 0 Å². The van der Waals surface area contributed by atoms with Gasteiger partial charge in [-0.05, 0) is 78.4 Å². The molecule has 0 amide bonds. The number of benzene rings is 1. The van der Waals surface area contributed by atoms with Crippen LogP contribution in [0.25, 0.3) is 0 Å². The van der Waals surface area contributed by atoms with E-state index >= 15 is 0 Å². The maximum Gasteiger partial charge on any atom is 0.0774 e. The van der Waals surface area contributed by atoms with Gasteiger partial charge in [0.25, 0.3) is 0 Å². The molecule has 2 aliphatic rings. The topological polar surface area (TPSA) is 25.3 Å². The average Bonchev–Trinajstić information content (AvgIpc) is 2.70. The first-order valence-electron chi connectivity index (χ1n) is 10.9. The van der Waals surface area contributed by atoms with E-state index in [1.54, 1.807) is 0 Å². The van der Waals surface area contributed by atoms with Gasteiger partial charge in [0.1, 0.15) is 0 Å². The lowest BCUT2D eigenvalue weighted by Crippen LogP contribution is -2.24. The third-order valence-electron chi connectivity index (χ3n) is 5.57. The quantitative estimate of drug-likeness (QED) is 0.554. The maximum atomic E-state index is 4.96. The molecule has 0 bridgehead atoms. The van der Waals surface area contributed by atoms with Crippen molar-refractivity contribution in [2.75, 3.05) is 73.4 Å². The summed E-state index contributed by atoms with van der Waals surface area (Å²) in [6.45, 7) is 4.36. The maximum absolute atomic E-state index is 4.96. The molecular weight excluding hydrogens is 390 g/mol. The van der Waals surface area contributed by atoms with Crippen LogP contribution in [-0.4, -0.2) is 88.9 Å². The molecule has 0 spiro atoms. The third-order valence-corrected chi connectivity index (χ3v) is 6.69. The van der Waals surface area contributed by atoms with Crippen LogP contribution in [0.3, 0.4) is 0 Å². The molecule has 1 aliphatic carbocycles. The van der Waals surface area contributed by atoms with E-state index in [2.05, 4.69) is 92.2 Å². The zero-order chi connectivity index (χ0) is 21.7. The van der Waals surface area contributed by atoms with Gasteiger partial charge in [0, 0.05) is 54.8 Å². The van der Waals surface area contributed by atoms with E-state index in [9.17, 15) is 0 Å². The van der Waals surface area contributed by atoms with Gasteiger partial charge < -0.3 is 19.6 Å². The van der Waals surface area contributed by atoms with Crippen LogP contribution in [0.5, 0.6) is 0 Å². The summed E-state index contributed by atoms with van der Waals surface area (Å²) in [7, 11) is 12.9. The summed E-state index contributed by atoms with van der Waals surface area (Å²) in [5.74, 6) is 0. The Balaban J connectivity index is 1.66. The predicted molar refractivity (Wildman–Crippen MR) is 132 cm³/mol. The number of hydrogen-bond acceptors (Lipinski definition) is 6. The second-order valence-electron chi connectivity index (χ2n) is 8.81. The lowest BCUT2D eigenvalue weighted by molar-refractivity contribution is 0.349. The van der Waals surface area contributed by atoms with Crippen LogP contribution in [0.4, 0.5) is 11.4 Å². The zero-order valence-electron chi connectivity index (χ0n) is 19.5. The molecule has 6 heteroatoms. The van der Waals surface area contributed by atoms with Crippen molar-refractivity contribution in [2.45, 2.75) is 24.2 Å². The summed E-state index contributed by atoms with van der Waals surface area (Å²) in [6.07, 6.45) is 7.88. The zero-order valence-corrected chi connectivity index (χ0v) is 20.3. The summed E-state index contributed by atoms with van der Waals surface area (Å²) in [6, 6.07) is 6.68. The van der Waals surface area contributed by atoms with Crippen molar-refractivity contribution in [1.82, 2.24) is 14.7 Å². The summed E-state index contributed by atoms with van der Waals surface area (Å²) in [5.41, 5.74) is 4.89. The van der Waals surface area contributed by atoms with Crippen molar-refractivity contribution in [2.24, 2.45) is 4.99 Å². The van der Waals surface area contributed by atoms with Gasteiger partial charge in [-0.25, -0.2) is 0 Å². The molecule has 0 atom stereocenters. The van der Waals surface area contributed by atoms with Crippen LogP contribution in [-0.2, 0) is 0 Å². The van der Waals surface area contributed by atoms with Crippen LogP contribution < -0.4 is 4.90 Å². The number of hydrogen-bond donors (Lipinski definition) is 0. The molecule has 0 fully saturated rings. The normalized spacial score (nSPS) is 15.4. The third kappa shape index (κ3) is 6.13. The van der Waals surface area contributed by atoms with Crippen LogP contribution in [0.15, 0.2) is 50.8 Å². The molecule has 1 heterocycles. The molecule has 0 saturated carbocycles. The van der Waals surface area contributed by atoms with E-state index in [4.69, 9.17) is 4.99 Å². The first-order valence-corrected chi connectivity index (χ1v) is 11.7. The SMILES string of the molecule is CN(C)CCCN(C)C1=CCC2=Nc3ccc(N(C)CCCN(C)C)cc3SC2=C1. The van der Waals surface area contributed by atoms with E-state index < -0.39 is 0 Å². The number of nitrogens with zero attached hydrogens (tertiary/aromatic N) is 5. The second-order valence-corrected chi connectivity index (χ2v) is 9.89. The van der Waals surface area contributed by atoms with Crippen molar-refractivity contribution < 1.29 is 0 Å². The number of fused-ring (bicyclic) bond motifs is 2. The molecule has 164 valence electrons. The monoisotopic (exact) mass is 427 g/mol. The molecule has 1 aromatic carbocycles. The van der Waals surface area contributed by atoms with Gasteiger partial charge in [-0.2, -0.15) is 0 Å². The van der Waals surface area contributed by atoms with Crippen molar-refractivity contribution in [3.63, 3.8) is 0 Å². The molecule has 3 rings (SSSR count). The van der Waals surface area contributed by atoms with E-state index in [1.165, 1.54) is 33.3 Å². The van der Waals surface area contributed by atoms with Crippen LogP contribution in [0.2, 0.25) is 0 Å². The molecule has 1 aliphatic heterocycles. The largest absolute Gasteiger partial charge is 0.375 e. The second kappa shape index (κ2) is 10.5. The molecule has 0 radical (unpaired) electrons. The minimum Gasteiger partial charge on any atom is -0.375 e. The molecular formula is C24H37N5S. The van der Waals surface area contributed by atoms with Gasteiger partial charge in [0.05, 0.1) is 11.4 Å². The van der Waals surface area contributed by atoms with Crippen LogP contribution in [0, 0.1) is 0 Å². The summed E-state index contributed by atoms with van der Waals surface area (Å²) >= 11 is 1.87. The molecule has 0 aromatic heterocycles. The van der Waals surface area contributed by atoms with Crippen molar-refractivity contribution >= 4 is 28.8 Å². The van der Waals surface area contributed by atoms with E-state index in [0.717, 1.165) is 44.7 Å². The Bertz CT molecular complexity index is 825. The fraction of sp³-hybridized carbons (Fsp3) is 0.542. The van der Waals surface area contributed by atoms with E-state index in [1.807, 2.05) is 11.8 Å². The standard InChI is InChI=1S/C24H37N5S/c1-26(2)13-7-15-28(5)19-9-11-21-23(17-19)30-24-18-20(10-12-22(24)25-21)29(6)16-8-14-27(3)4/h9-11,17-18H,7-8,12-16H2,1-6H3. The molecule has 1 aromatic rings. The lowest BCUT2D eigenvalue weighted by Gasteiger charge is -2.28. The Labute approximate surface area is 187 Å². The lowest BCUT2D eigenvalue weighted by atomic mass is 10.1. The van der Waals surface area contributed by atoms with Gasteiger partial charge in [-0.15, -0.1) is 0 Å². The van der Waals surface area contributed by atoms with Gasteiger partial charge >= 0.3 is 0 Å². The van der Waals surface area contributed by atoms with Crippen molar-refractivity contribution in [3.8, 4) is 0 Å². The average molecular weight is 428 g/mol. The highest BCUT2D eigenvalue weighted by Crippen LogP contribution is 2.44. The molecule has 5 nitrogen and oxygen atoms in total. The number of allylic oxidation sites excluding steroid dienone is 3. The summed E-state index contributed by atoms with van der Waals surface area (Å²) in [5, 5.41) is 0. The van der Waals surface area contributed by atoms with Gasteiger partial charge in [0.15, 0.2) is 0 Å². The molecule has 0 N–H and O–H groups in total. The first kappa shape index (κ1) is 22.9. The number of thioether (sulfide) groups is 1. The predicted octanol–water partition coefficient (Wildman–Crippen LogP) is 4.31.